The Morgan fingerprint density at radius 1 is 1.36 bits per heavy atom. The molecule has 0 radical (unpaired) electrons. The number of rotatable bonds is 6. The van der Waals surface area contributed by atoms with Gasteiger partial charge in [-0.15, -0.1) is 0 Å². The van der Waals surface area contributed by atoms with Gasteiger partial charge in [0.05, 0.1) is 0 Å². The SMILES string of the molecule is CCc1nccn1CCC(=O)N1CCC[C@H](Cc2cccc(C)n2)C1. The number of likely N-dealkylation sites (tertiary alicyclic amines) is 1. The Hall–Kier alpha value is -2.17. The van der Waals surface area contributed by atoms with Crippen LogP contribution in [0.1, 0.15) is 43.4 Å². The first-order valence-corrected chi connectivity index (χ1v) is 9.36. The van der Waals surface area contributed by atoms with Gasteiger partial charge in [-0.3, -0.25) is 9.78 Å². The van der Waals surface area contributed by atoms with Gasteiger partial charge in [0, 0.05) is 56.3 Å². The molecule has 0 spiro atoms. The summed E-state index contributed by atoms with van der Waals surface area (Å²) < 4.78 is 2.09. The highest BCUT2D eigenvalue weighted by molar-refractivity contribution is 5.76. The minimum atomic E-state index is 0.262. The lowest BCUT2D eigenvalue weighted by Gasteiger charge is -2.33. The number of carbonyl (C=O) groups is 1. The molecule has 1 atom stereocenters. The molecule has 3 heterocycles. The van der Waals surface area contributed by atoms with E-state index in [9.17, 15) is 4.79 Å². The zero-order valence-corrected chi connectivity index (χ0v) is 15.3. The van der Waals surface area contributed by atoms with Crippen LogP contribution in [-0.2, 0) is 24.2 Å². The van der Waals surface area contributed by atoms with Crippen LogP contribution in [0.15, 0.2) is 30.6 Å². The fourth-order valence-corrected chi connectivity index (χ4v) is 3.70. The number of imidazole rings is 1. The van der Waals surface area contributed by atoms with Crippen LogP contribution in [0.3, 0.4) is 0 Å². The van der Waals surface area contributed by atoms with E-state index in [1.807, 2.05) is 30.3 Å². The number of amides is 1. The van der Waals surface area contributed by atoms with E-state index >= 15 is 0 Å². The van der Waals surface area contributed by atoms with Crippen LogP contribution in [0.2, 0.25) is 0 Å². The Morgan fingerprint density at radius 3 is 3.04 bits per heavy atom. The van der Waals surface area contributed by atoms with Gasteiger partial charge in [-0.1, -0.05) is 13.0 Å². The summed E-state index contributed by atoms with van der Waals surface area (Å²) in [6, 6.07) is 6.19. The minimum absolute atomic E-state index is 0.262. The highest BCUT2D eigenvalue weighted by Gasteiger charge is 2.24. The van der Waals surface area contributed by atoms with Crippen molar-refractivity contribution in [2.75, 3.05) is 13.1 Å². The molecule has 0 unspecified atom stereocenters. The topological polar surface area (TPSA) is 51.0 Å². The second-order valence-corrected chi connectivity index (χ2v) is 6.96. The number of pyridine rings is 1. The zero-order chi connectivity index (χ0) is 17.6. The van der Waals surface area contributed by atoms with Gasteiger partial charge in [0.2, 0.25) is 5.91 Å². The van der Waals surface area contributed by atoms with Gasteiger partial charge < -0.3 is 9.47 Å². The van der Waals surface area contributed by atoms with E-state index in [0.29, 0.717) is 12.3 Å². The Labute approximate surface area is 150 Å². The van der Waals surface area contributed by atoms with Crippen LogP contribution in [0.5, 0.6) is 0 Å². The number of nitrogens with zero attached hydrogens (tertiary/aromatic N) is 4. The summed E-state index contributed by atoms with van der Waals surface area (Å²) in [5.41, 5.74) is 2.21. The monoisotopic (exact) mass is 340 g/mol. The minimum Gasteiger partial charge on any atom is -0.342 e. The van der Waals surface area contributed by atoms with Crippen LogP contribution in [-0.4, -0.2) is 38.4 Å². The van der Waals surface area contributed by atoms with E-state index in [4.69, 9.17) is 0 Å². The number of hydrogen-bond acceptors (Lipinski definition) is 3. The summed E-state index contributed by atoms with van der Waals surface area (Å²) in [6.07, 6.45) is 8.47. The number of aromatic nitrogens is 3. The molecule has 5 nitrogen and oxygen atoms in total. The first-order chi connectivity index (χ1) is 12.2. The summed E-state index contributed by atoms with van der Waals surface area (Å²) >= 11 is 0. The third-order valence-corrected chi connectivity index (χ3v) is 5.00. The third kappa shape index (κ3) is 4.68. The molecule has 0 aliphatic carbocycles. The van der Waals surface area contributed by atoms with Gasteiger partial charge in [-0.2, -0.15) is 0 Å². The van der Waals surface area contributed by atoms with Gasteiger partial charge in [0.25, 0.3) is 0 Å². The molecular formula is C20H28N4O. The van der Waals surface area contributed by atoms with Crippen molar-refractivity contribution in [1.82, 2.24) is 19.4 Å². The van der Waals surface area contributed by atoms with E-state index < -0.39 is 0 Å². The van der Waals surface area contributed by atoms with Gasteiger partial charge in [0.1, 0.15) is 5.82 Å². The molecule has 1 saturated heterocycles. The van der Waals surface area contributed by atoms with Crippen LogP contribution < -0.4 is 0 Å². The van der Waals surface area contributed by atoms with Gasteiger partial charge in [-0.25, -0.2) is 4.98 Å². The number of carbonyl (C=O) groups excluding carboxylic acids is 1. The average Bonchev–Trinajstić information content (AvgIpc) is 3.07. The second kappa shape index (κ2) is 8.28. The summed E-state index contributed by atoms with van der Waals surface area (Å²) in [4.78, 5) is 23.6. The maximum Gasteiger partial charge on any atom is 0.224 e. The molecule has 1 amide bonds. The van der Waals surface area contributed by atoms with Crippen molar-refractivity contribution in [2.24, 2.45) is 5.92 Å². The summed E-state index contributed by atoms with van der Waals surface area (Å²) in [7, 11) is 0. The smallest absolute Gasteiger partial charge is 0.224 e. The predicted octanol–water partition coefficient (Wildman–Crippen LogP) is 3.02. The average molecular weight is 340 g/mol. The molecule has 0 aromatic carbocycles. The van der Waals surface area contributed by atoms with Crippen molar-refractivity contribution in [3.05, 3.63) is 47.8 Å². The van der Waals surface area contributed by atoms with E-state index in [2.05, 4.69) is 33.6 Å². The predicted molar refractivity (Wildman–Crippen MR) is 98.2 cm³/mol. The lowest BCUT2D eigenvalue weighted by atomic mass is 9.93. The van der Waals surface area contributed by atoms with E-state index in [-0.39, 0.29) is 5.91 Å². The molecule has 2 aromatic rings. The van der Waals surface area contributed by atoms with Crippen molar-refractivity contribution >= 4 is 5.91 Å². The molecule has 5 heteroatoms. The zero-order valence-electron chi connectivity index (χ0n) is 15.3. The maximum atomic E-state index is 12.6. The fraction of sp³-hybridized carbons (Fsp3) is 0.550. The molecule has 3 rings (SSSR count). The number of aryl methyl sites for hydroxylation is 3. The van der Waals surface area contributed by atoms with Crippen LogP contribution in [0.4, 0.5) is 0 Å². The first-order valence-electron chi connectivity index (χ1n) is 9.36. The third-order valence-electron chi connectivity index (χ3n) is 5.00. The van der Waals surface area contributed by atoms with E-state index in [0.717, 1.165) is 56.1 Å². The van der Waals surface area contributed by atoms with Gasteiger partial charge >= 0.3 is 0 Å². The number of hydrogen-bond donors (Lipinski definition) is 0. The van der Waals surface area contributed by atoms with Crippen molar-refractivity contribution in [2.45, 2.75) is 52.5 Å². The molecule has 0 saturated carbocycles. The Balaban J connectivity index is 1.52. The molecule has 1 fully saturated rings. The molecule has 2 aromatic heterocycles. The second-order valence-electron chi connectivity index (χ2n) is 6.96. The molecule has 1 aliphatic heterocycles. The summed E-state index contributed by atoms with van der Waals surface area (Å²) in [6.45, 7) is 6.60. The molecule has 0 N–H and O–H groups in total. The van der Waals surface area contributed by atoms with Crippen molar-refractivity contribution < 1.29 is 4.79 Å². The fourth-order valence-electron chi connectivity index (χ4n) is 3.70. The van der Waals surface area contributed by atoms with Gasteiger partial charge in [-0.05, 0) is 44.2 Å². The lowest BCUT2D eigenvalue weighted by molar-refractivity contribution is -0.133. The molecule has 1 aliphatic rings. The lowest BCUT2D eigenvalue weighted by Crippen LogP contribution is -2.40. The summed E-state index contributed by atoms with van der Waals surface area (Å²) in [5, 5.41) is 0. The highest BCUT2D eigenvalue weighted by atomic mass is 16.2. The van der Waals surface area contributed by atoms with Crippen LogP contribution in [0.25, 0.3) is 0 Å². The largest absolute Gasteiger partial charge is 0.342 e. The number of piperidine rings is 1. The van der Waals surface area contributed by atoms with Gasteiger partial charge in [0.15, 0.2) is 0 Å². The molecule has 0 bridgehead atoms. The Morgan fingerprint density at radius 2 is 2.24 bits per heavy atom. The van der Waals surface area contributed by atoms with Crippen molar-refractivity contribution in [3.63, 3.8) is 0 Å². The normalized spacial score (nSPS) is 17.7. The first kappa shape index (κ1) is 17.6. The standard InChI is InChI=1S/C20H28N4O/c1-3-19-21-10-13-23(19)12-9-20(25)24-11-5-7-17(15-24)14-18-8-4-6-16(2)22-18/h4,6,8,10,13,17H,3,5,7,9,11-12,14-15H2,1-2H3/t17-/m1/s1. The molecule has 25 heavy (non-hydrogen) atoms. The summed E-state index contributed by atoms with van der Waals surface area (Å²) in [5.74, 6) is 1.83. The maximum absolute atomic E-state index is 12.6. The quantitative estimate of drug-likeness (QED) is 0.812. The van der Waals surface area contributed by atoms with Crippen molar-refractivity contribution in [1.29, 1.82) is 0 Å². The van der Waals surface area contributed by atoms with Crippen molar-refractivity contribution in [3.8, 4) is 0 Å². The van der Waals surface area contributed by atoms with E-state index in [1.54, 1.807) is 0 Å². The van der Waals surface area contributed by atoms with Crippen LogP contribution in [0, 0.1) is 12.8 Å². The highest BCUT2D eigenvalue weighted by Crippen LogP contribution is 2.21. The Bertz CT molecular complexity index is 709. The molecule has 134 valence electrons. The Kier molecular flexibility index (Phi) is 5.84. The van der Waals surface area contributed by atoms with E-state index in [1.165, 1.54) is 6.42 Å². The molecular weight excluding hydrogens is 312 g/mol. The van der Waals surface area contributed by atoms with Crippen LogP contribution >= 0.6 is 0 Å².